The third-order valence-electron chi connectivity index (χ3n) is 5.29. The molecule has 0 bridgehead atoms. The molecule has 0 aromatic rings. The number of aliphatic hydroxyl groups excluding tert-OH is 1. The van der Waals surface area contributed by atoms with Gasteiger partial charge in [-0.1, -0.05) is 19.7 Å². The van der Waals surface area contributed by atoms with Gasteiger partial charge in [0.2, 0.25) is 5.91 Å². The number of carbonyl (C=O) groups excluding carboxylic acids is 5. The minimum absolute atomic E-state index is 0.0313. The highest BCUT2D eigenvalue weighted by Crippen LogP contribution is 2.22. The summed E-state index contributed by atoms with van der Waals surface area (Å²) < 4.78 is 37.8. The van der Waals surface area contributed by atoms with E-state index >= 15 is 0 Å². The van der Waals surface area contributed by atoms with Crippen molar-refractivity contribution in [3.63, 3.8) is 0 Å². The number of hydrogen-bond acceptors (Lipinski definition) is 13. The van der Waals surface area contributed by atoms with Crippen LogP contribution in [0.25, 0.3) is 0 Å². The molecule has 43 heavy (non-hydrogen) atoms. The maximum Gasteiger partial charge on any atom is 0.330 e. The molecule has 0 saturated heterocycles. The molecule has 0 aliphatic heterocycles. The van der Waals surface area contributed by atoms with Crippen LogP contribution in [0, 0.1) is 5.41 Å². The Morgan fingerprint density at radius 3 is 1.40 bits per heavy atom. The van der Waals surface area contributed by atoms with Gasteiger partial charge >= 0.3 is 23.9 Å². The van der Waals surface area contributed by atoms with Crippen LogP contribution in [0.2, 0.25) is 0 Å². The Bertz CT molecular complexity index is 796. The first-order chi connectivity index (χ1) is 20.7. The quantitative estimate of drug-likeness (QED) is 0.0546. The highest BCUT2D eigenvalue weighted by Gasteiger charge is 2.34. The molecule has 0 unspecified atom stereocenters. The third-order valence-corrected chi connectivity index (χ3v) is 5.29. The van der Waals surface area contributed by atoms with Crippen LogP contribution < -0.4 is 5.32 Å². The molecule has 2 N–H and O–H groups in total. The summed E-state index contributed by atoms with van der Waals surface area (Å²) in [6, 6.07) is 0. The lowest BCUT2D eigenvalue weighted by atomic mass is 9.92. The molecule has 1 amide bonds. The minimum Gasteiger partial charge on any atom is -0.465 e. The summed E-state index contributed by atoms with van der Waals surface area (Å²) in [5.41, 5.74) is -0.984. The van der Waals surface area contributed by atoms with Crippen LogP contribution in [-0.2, 0) is 57.1 Å². The van der Waals surface area contributed by atoms with E-state index in [9.17, 15) is 24.0 Å². The molecule has 14 nitrogen and oxygen atoms in total. The van der Waals surface area contributed by atoms with E-state index in [1.807, 2.05) is 0 Å². The second-order valence-electron chi connectivity index (χ2n) is 9.07. The number of ether oxygens (including phenoxy) is 7. The van der Waals surface area contributed by atoms with Gasteiger partial charge in [-0.25, -0.2) is 14.4 Å². The molecule has 244 valence electrons. The van der Waals surface area contributed by atoms with Crippen LogP contribution in [0.5, 0.6) is 0 Å². The van der Waals surface area contributed by atoms with Crippen LogP contribution in [0.15, 0.2) is 38.0 Å². The van der Waals surface area contributed by atoms with Crippen molar-refractivity contribution in [1.82, 2.24) is 5.32 Å². The number of esters is 4. The Balaban J connectivity index is 5.28. The van der Waals surface area contributed by atoms with Crippen molar-refractivity contribution in [3.8, 4) is 0 Å². The minimum atomic E-state index is -0.984. The first-order valence-electron chi connectivity index (χ1n) is 13.9. The topological polar surface area (TPSA) is 182 Å². The Labute approximate surface area is 252 Å². The van der Waals surface area contributed by atoms with Gasteiger partial charge in [0.15, 0.2) is 0 Å². The molecule has 0 aromatic carbocycles. The lowest BCUT2D eigenvalue weighted by Crippen LogP contribution is -2.43. The van der Waals surface area contributed by atoms with Crippen LogP contribution in [0.1, 0.15) is 32.1 Å². The van der Waals surface area contributed by atoms with Crippen LogP contribution in [0.4, 0.5) is 0 Å². The molecule has 0 fully saturated rings. The maximum absolute atomic E-state index is 12.4. The molecule has 0 spiro atoms. The first-order valence-corrected chi connectivity index (χ1v) is 13.9. The van der Waals surface area contributed by atoms with E-state index in [0.29, 0.717) is 19.3 Å². The van der Waals surface area contributed by atoms with Gasteiger partial charge in [-0.05, 0) is 0 Å². The summed E-state index contributed by atoms with van der Waals surface area (Å²) in [7, 11) is 0. The Morgan fingerprint density at radius 1 is 0.605 bits per heavy atom. The molecule has 0 radical (unpaired) electrons. The molecular formula is C29H45NO13. The lowest BCUT2D eigenvalue weighted by Gasteiger charge is -2.32. The zero-order chi connectivity index (χ0) is 32.2. The van der Waals surface area contributed by atoms with Gasteiger partial charge in [-0.2, -0.15) is 0 Å². The van der Waals surface area contributed by atoms with Crippen LogP contribution in [0.3, 0.4) is 0 Å². The Hall–Kier alpha value is -3.59. The van der Waals surface area contributed by atoms with E-state index < -0.39 is 35.2 Å². The van der Waals surface area contributed by atoms with Crippen LogP contribution >= 0.6 is 0 Å². The fourth-order valence-electron chi connectivity index (χ4n) is 3.10. The molecule has 0 aromatic heterocycles. The second kappa shape index (κ2) is 26.1. The van der Waals surface area contributed by atoms with E-state index in [1.54, 1.807) is 0 Å². The van der Waals surface area contributed by atoms with Gasteiger partial charge in [0.1, 0.15) is 6.61 Å². The maximum atomic E-state index is 12.4. The predicted molar refractivity (Wildman–Crippen MR) is 152 cm³/mol. The number of amides is 1. The van der Waals surface area contributed by atoms with E-state index in [2.05, 4.69) is 25.1 Å². The first kappa shape index (κ1) is 39.4. The van der Waals surface area contributed by atoms with E-state index in [0.717, 1.165) is 18.2 Å². The van der Waals surface area contributed by atoms with Crippen molar-refractivity contribution < 1.29 is 62.2 Å². The van der Waals surface area contributed by atoms with Gasteiger partial charge in [0.05, 0.1) is 58.1 Å². The highest BCUT2D eigenvalue weighted by atomic mass is 16.6. The summed E-state index contributed by atoms with van der Waals surface area (Å²) in [5, 5.41) is 11.3. The molecule has 0 aliphatic carbocycles. The Morgan fingerprint density at radius 2 is 1.02 bits per heavy atom. The van der Waals surface area contributed by atoms with E-state index in [-0.39, 0.29) is 92.1 Å². The molecule has 0 aliphatic rings. The van der Waals surface area contributed by atoms with Crippen molar-refractivity contribution in [2.45, 2.75) is 32.1 Å². The number of aliphatic hydroxyl groups is 1. The average Bonchev–Trinajstić information content (AvgIpc) is 3.01. The zero-order valence-corrected chi connectivity index (χ0v) is 24.7. The van der Waals surface area contributed by atoms with E-state index in [4.69, 9.17) is 38.3 Å². The predicted octanol–water partition coefficient (Wildman–Crippen LogP) is 0.812. The van der Waals surface area contributed by atoms with Gasteiger partial charge < -0.3 is 43.6 Å². The number of hydrogen-bond donors (Lipinski definition) is 2. The summed E-state index contributed by atoms with van der Waals surface area (Å²) in [4.78, 5) is 57.9. The standard InChI is InChI=1S/C29H45NO13/c1-4-25(33)40-17-7-14-37-20-29(21-38-15-8-18-41-26(34)5-2,22-39-16-9-19-42-27(35)6-3)23-43-28(36)11-10-24(32)30-12-13-31/h4-6,31H,1-3,7-23H2,(H,30,32). The molecular weight excluding hydrogens is 570 g/mol. The van der Waals surface area contributed by atoms with E-state index in [1.165, 1.54) is 0 Å². The van der Waals surface area contributed by atoms with Gasteiger partial charge in [-0.3, -0.25) is 9.59 Å². The average molecular weight is 616 g/mol. The van der Waals surface area contributed by atoms with Crippen molar-refractivity contribution >= 4 is 29.8 Å². The fraction of sp³-hybridized carbons (Fsp3) is 0.621. The Kier molecular flexibility index (Phi) is 23.9. The van der Waals surface area contributed by atoms with Gasteiger partial charge in [-0.15, -0.1) is 0 Å². The smallest absolute Gasteiger partial charge is 0.330 e. The summed E-state index contributed by atoms with van der Waals surface area (Å²) >= 11 is 0. The summed E-state index contributed by atoms with van der Waals surface area (Å²) in [6.07, 6.45) is 4.04. The van der Waals surface area contributed by atoms with Gasteiger partial charge in [0, 0.05) is 70.3 Å². The fourth-order valence-corrected chi connectivity index (χ4v) is 3.10. The molecule has 14 heteroatoms. The molecule has 0 rings (SSSR count). The normalized spacial score (nSPS) is 10.7. The molecule has 0 saturated carbocycles. The molecule has 0 heterocycles. The number of nitrogens with one attached hydrogen (secondary N) is 1. The monoisotopic (exact) mass is 615 g/mol. The van der Waals surface area contributed by atoms with Crippen molar-refractivity contribution in [2.24, 2.45) is 5.41 Å². The molecule has 0 atom stereocenters. The largest absolute Gasteiger partial charge is 0.465 e. The third kappa shape index (κ3) is 22.7. The zero-order valence-electron chi connectivity index (χ0n) is 24.7. The highest BCUT2D eigenvalue weighted by molar-refractivity contribution is 5.82. The second-order valence-corrected chi connectivity index (χ2v) is 9.07. The van der Waals surface area contributed by atoms with Crippen molar-refractivity contribution in [2.75, 3.05) is 79.2 Å². The lowest BCUT2D eigenvalue weighted by molar-refractivity contribution is -0.157. The van der Waals surface area contributed by atoms with Crippen LogP contribution in [-0.4, -0.2) is 114 Å². The summed E-state index contributed by atoms with van der Waals surface area (Å²) in [6.45, 7) is 10.8. The number of rotatable bonds is 28. The van der Waals surface area contributed by atoms with Gasteiger partial charge in [0.25, 0.3) is 0 Å². The summed E-state index contributed by atoms with van der Waals surface area (Å²) in [5.74, 6) is -2.69. The van der Waals surface area contributed by atoms with Crippen molar-refractivity contribution in [1.29, 1.82) is 0 Å². The van der Waals surface area contributed by atoms with Crippen molar-refractivity contribution in [3.05, 3.63) is 38.0 Å². The number of carbonyl (C=O) groups is 5. The SMILES string of the molecule is C=CC(=O)OCCCOCC(COCCCOC(=O)C=C)(COCCCOC(=O)C=C)COC(=O)CCC(=O)NCCO.